The van der Waals surface area contributed by atoms with E-state index in [9.17, 15) is 5.11 Å². The molecule has 1 aromatic carbocycles. The lowest BCUT2D eigenvalue weighted by Gasteiger charge is -2.41. The molecule has 3 saturated heterocycles. The molecule has 0 spiro atoms. The number of rotatable bonds is 7. The van der Waals surface area contributed by atoms with Gasteiger partial charge in [0.1, 0.15) is 0 Å². The molecule has 38 heavy (non-hydrogen) atoms. The van der Waals surface area contributed by atoms with Gasteiger partial charge in [0.25, 0.3) is 0 Å². The minimum atomic E-state index is -0.901. The molecule has 0 aromatic heterocycles. The summed E-state index contributed by atoms with van der Waals surface area (Å²) in [6.07, 6.45) is 11.1. The van der Waals surface area contributed by atoms with Crippen molar-refractivity contribution in [3.63, 3.8) is 0 Å². The van der Waals surface area contributed by atoms with Gasteiger partial charge in [0.2, 0.25) is 0 Å². The average Bonchev–Trinajstić information content (AvgIpc) is 2.88. The maximum absolute atomic E-state index is 11.0. The molecule has 3 heterocycles. The van der Waals surface area contributed by atoms with Gasteiger partial charge in [-0.3, -0.25) is 0 Å². The van der Waals surface area contributed by atoms with Crippen molar-refractivity contribution < 1.29 is 28.8 Å². The minimum Gasteiger partial charge on any atom is -0.381 e. The van der Waals surface area contributed by atoms with Gasteiger partial charge in [-0.1, -0.05) is 63.3 Å². The summed E-state index contributed by atoms with van der Waals surface area (Å²) in [5, 5.41) is 11.0. The SMILES string of the molecule is CO[C@H]1C[C@@H]2C[C@H](OCc3ccccc3)C[C@H](CC(O)O[C@@H](/C=C/CC(C)C)C[C@@H]3CC[C@H](C)[C@@H](C1)O3)O2. The van der Waals surface area contributed by atoms with Crippen LogP contribution in [0.25, 0.3) is 0 Å². The van der Waals surface area contributed by atoms with Crippen molar-refractivity contribution >= 4 is 0 Å². The van der Waals surface area contributed by atoms with E-state index in [4.69, 9.17) is 23.7 Å². The van der Waals surface area contributed by atoms with Crippen LogP contribution in [0.2, 0.25) is 0 Å². The molecule has 6 nitrogen and oxygen atoms in total. The highest BCUT2D eigenvalue weighted by atomic mass is 16.6. The topological polar surface area (TPSA) is 66.4 Å². The Bertz CT molecular complexity index is 828. The van der Waals surface area contributed by atoms with Crippen molar-refractivity contribution in [3.05, 3.63) is 48.0 Å². The van der Waals surface area contributed by atoms with E-state index in [2.05, 4.69) is 45.1 Å². The minimum absolute atomic E-state index is 0.00559. The van der Waals surface area contributed by atoms with Crippen LogP contribution < -0.4 is 0 Å². The van der Waals surface area contributed by atoms with Crippen molar-refractivity contribution in [3.8, 4) is 0 Å². The van der Waals surface area contributed by atoms with E-state index in [0.29, 0.717) is 24.9 Å². The molecule has 0 amide bonds. The number of ether oxygens (including phenoxy) is 5. The van der Waals surface area contributed by atoms with Gasteiger partial charge in [-0.2, -0.15) is 0 Å². The molecule has 4 rings (SSSR count). The van der Waals surface area contributed by atoms with Crippen LogP contribution in [-0.2, 0) is 30.3 Å². The molecule has 1 unspecified atom stereocenters. The Kier molecular flexibility index (Phi) is 11.7. The Morgan fingerprint density at radius 1 is 0.895 bits per heavy atom. The summed E-state index contributed by atoms with van der Waals surface area (Å²) in [6.45, 7) is 7.29. The van der Waals surface area contributed by atoms with Gasteiger partial charge in [0.05, 0.1) is 49.3 Å². The Labute approximate surface area is 230 Å². The molecule has 9 atom stereocenters. The van der Waals surface area contributed by atoms with Crippen LogP contribution in [0.3, 0.4) is 0 Å². The number of aliphatic hydroxyl groups is 1. The number of aliphatic hydroxyl groups excluding tert-OH is 1. The molecule has 1 N–H and O–H groups in total. The van der Waals surface area contributed by atoms with Gasteiger partial charge in [-0.05, 0) is 49.5 Å². The number of allylic oxidation sites excluding steroid dienone is 1. The summed E-state index contributed by atoms with van der Waals surface area (Å²) in [5.41, 5.74) is 1.17. The second-order valence-corrected chi connectivity index (χ2v) is 12.1. The number of benzene rings is 1. The van der Waals surface area contributed by atoms with Crippen molar-refractivity contribution in [1.29, 1.82) is 0 Å². The fourth-order valence-electron chi connectivity index (χ4n) is 6.10. The van der Waals surface area contributed by atoms with Crippen molar-refractivity contribution in [2.75, 3.05) is 7.11 Å². The number of fused-ring (bicyclic) bond motifs is 4. The fourth-order valence-corrected chi connectivity index (χ4v) is 6.10. The largest absolute Gasteiger partial charge is 0.381 e. The second kappa shape index (κ2) is 14.9. The van der Waals surface area contributed by atoms with E-state index in [-0.39, 0.29) is 42.7 Å². The molecule has 0 radical (unpaired) electrons. The Morgan fingerprint density at radius 3 is 2.37 bits per heavy atom. The third-order valence-corrected chi connectivity index (χ3v) is 8.32. The van der Waals surface area contributed by atoms with Crippen LogP contribution in [0.1, 0.15) is 84.1 Å². The number of methoxy groups -OCH3 is 1. The Morgan fingerprint density at radius 2 is 1.63 bits per heavy atom. The van der Waals surface area contributed by atoms with E-state index in [1.54, 1.807) is 7.11 Å². The lowest BCUT2D eigenvalue weighted by molar-refractivity contribution is -0.192. The molecule has 214 valence electrons. The normalized spacial score (nSPS) is 37.3. The summed E-state index contributed by atoms with van der Waals surface area (Å²) in [4.78, 5) is 0. The predicted octanol–water partition coefficient (Wildman–Crippen LogP) is 6.20. The van der Waals surface area contributed by atoms with Gasteiger partial charge in [0.15, 0.2) is 6.29 Å². The molecule has 3 fully saturated rings. The highest BCUT2D eigenvalue weighted by Gasteiger charge is 2.37. The smallest absolute Gasteiger partial charge is 0.157 e. The highest BCUT2D eigenvalue weighted by molar-refractivity contribution is 5.13. The Hall–Kier alpha value is -1.28. The van der Waals surface area contributed by atoms with Crippen molar-refractivity contribution in [2.24, 2.45) is 11.8 Å². The maximum atomic E-state index is 11.0. The zero-order valence-corrected chi connectivity index (χ0v) is 23.9. The third kappa shape index (κ3) is 9.42. The molecule has 1 aromatic rings. The lowest BCUT2D eigenvalue weighted by Crippen LogP contribution is -2.43. The zero-order chi connectivity index (χ0) is 26.9. The van der Waals surface area contributed by atoms with E-state index in [1.165, 1.54) is 5.56 Å². The molecule has 3 aliphatic rings. The van der Waals surface area contributed by atoms with Crippen LogP contribution in [0, 0.1) is 11.8 Å². The van der Waals surface area contributed by atoms with Crippen LogP contribution >= 0.6 is 0 Å². The first-order valence-corrected chi connectivity index (χ1v) is 14.9. The van der Waals surface area contributed by atoms with Gasteiger partial charge in [-0.25, -0.2) is 0 Å². The number of hydrogen-bond acceptors (Lipinski definition) is 6. The van der Waals surface area contributed by atoms with Gasteiger partial charge in [0, 0.05) is 32.8 Å². The van der Waals surface area contributed by atoms with E-state index < -0.39 is 6.29 Å². The summed E-state index contributed by atoms with van der Waals surface area (Å²) < 4.78 is 31.8. The fraction of sp³-hybridized carbons (Fsp3) is 0.750. The van der Waals surface area contributed by atoms with Crippen LogP contribution in [-0.4, -0.2) is 61.2 Å². The first-order valence-electron chi connectivity index (χ1n) is 14.9. The van der Waals surface area contributed by atoms with Crippen LogP contribution in [0.4, 0.5) is 0 Å². The van der Waals surface area contributed by atoms with Gasteiger partial charge in [-0.15, -0.1) is 0 Å². The number of hydrogen-bond donors (Lipinski definition) is 1. The molecule has 0 saturated carbocycles. The average molecular weight is 531 g/mol. The molecule has 3 aliphatic heterocycles. The first-order chi connectivity index (χ1) is 18.4. The molecule has 0 aliphatic carbocycles. The third-order valence-electron chi connectivity index (χ3n) is 8.32. The Balaban J connectivity index is 1.49. The van der Waals surface area contributed by atoms with Crippen LogP contribution in [0.5, 0.6) is 0 Å². The zero-order valence-electron chi connectivity index (χ0n) is 23.9. The summed E-state index contributed by atoms with van der Waals surface area (Å²) in [7, 11) is 1.80. The predicted molar refractivity (Wildman–Crippen MR) is 149 cm³/mol. The standard InChI is InChI=1S/C32H50O6/c1-22(2)9-8-12-25-15-26-14-13-23(3)31(37-26)19-27(34-4)16-29-17-28(18-30(36-29)20-32(33)38-25)35-21-24-10-6-5-7-11-24/h5-8,10-12,22-23,25-33H,9,13-21H2,1-4H3/b12-8+/t23-,25-,26-,27-,28-,29+,30+,31+,32?/m0/s1. The van der Waals surface area contributed by atoms with Gasteiger partial charge < -0.3 is 28.8 Å². The van der Waals surface area contributed by atoms with E-state index in [0.717, 1.165) is 51.4 Å². The van der Waals surface area contributed by atoms with Crippen molar-refractivity contribution in [1.82, 2.24) is 0 Å². The summed E-state index contributed by atoms with van der Waals surface area (Å²) in [6, 6.07) is 10.3. The first kappa shape index (κ1) is 29.7. The molecule has 4 bridgehead atoms. The second-order valence-electron chi connectivity index (χ2n) is 12.1. The molecule has 6 heteroatoms. The maximum Gasteiger partial charge on any atom is 0.157 e. The van der Waals surface area contributed by atoms with Gasteiger partial charge >= 0.3 is 0 Å². The summed E-state index contributed by atoms with van der Waals surface area (Å²) >= 11 is 0. The van der Waals surface area contributed by atoms with E-state index in [1.807, 2.05) is 18.2 Å². The van der Waals surface area contributed by atoms with Crippen molar-refractivity contribution in [2.45, 2.75) is 134 Å². The molecular formula is C32H50O6. The lowest BCUT2D eigenvalue weighted by atomic mass is 9.86. The quantitative estimate of drug-likeness (QED) is 0.424. The molecular weight excluding hydrogens is 480 g/mol. The van der Waals surface area contributed by atoms with E-state index >= 15 is 0 Å². The highest BCUT2D eigenvalue weighted by Crippen LogP contribution is 2.34. The summed E-state index contributed by atoms with van der Waals surface area (Å²) in [5.74, 6) is 1.07. The monoisotopic (exact) mass is 530 g/mol. The van der Waals surface area contributed by atoms with Crippen LogP contribution in [0.15, 0.2) is 42.5 Å².